The van der Waals surface area contributed by atoms with E-state index in [9.17, 15) is 19.5 Å². The van der Waals surface area contributed by atoms with Crippen LogP contribution < -0.4 is 5.32 Å². The number of nitrogens with zero attached hydrogens (tertiary/aromatic N) is 1. The summed E-state index contributed by atoms with van der Waals surface area (Å²) in [6.45, 7) is 5.35. The molecule has 2 atom stereocenters. The number of likely N-dealkylation sites (tertiary alicyclic amines) is 1. The van der Waals surface area contributed by atoms with Crippen molar-refractivity contribution in [2.75, 3.05) is 13.2 Å². The number of nitrogens with one attached hydrogen (secondary N) is 1. The maximum absolute atomic E-state index is 12.9. The summed E-state index contributed by atoms with van der Waals surface area (Å²) in [6, 6.07) is 14.4. The Kier molecular flexibility index (Phi) is 6.01. The van der Waals surface area contributed by atoms with Crippen molar-refractivity contribution in [3.05, 3.63) is 59.7 Å². The number of amides is 2. The van der Waals surface area contributed by atoms with Crippen molar-refractivity contribution < 1.29 is 29.0 Å². The summed E-state index contributed by atoms with van der Waals surface area (Å²) in [7, 11) is 0. The van der Waals surface area contributed by atoms with E-state index in [4.69, 9.17) is 9.47 Å². The molecule has 2 aliphatic rings. The fourth-order valence-corrected chi connectivity index (χ4v) is 4.53. The summed E-state index contributed by atoms with van der Waals surface area (Å²) in [4.78, 5) is 37.9. The molecule has 2 aromatic rings. The Morgan fingerprint density at radius 1 is 1.03 bits per heavy atom. The van der Waals surface area contributed by atoms with Gasteiger partial charge in [-0.3, -0.25) is 4.90 Å². The topological polar surface area (TPSA) is 105 Å². The van der Waals surface area contributed by atoms with Crippen LogP contribution in [0.2, 0.25) is 0 Å². The number of ether oxygens (including phenoxy) is 2. The van der Waals surface area contributed by atoms with E-state index in [0.29, 0.717) is 0 Å². The molecular weight excluding hydrogens is 424 g/mol. The van der Waals surface area contributed by atoms with Crippen molar-refractivity contribution in [1.29, 1.82) is 0 Å². The van der Waals surface area contributed by atoms with E-state index in [2.05, 4.69) is 5.32 Å². The molecule has 0 spiro atoms. The van der Waals surface area contributed by atoms with E-state index < -0.39 is 35.8 Å². The summed E-state index contributed by atoms with van der Waals surface area (Å²) in [5, 5.41) is 12.3. The molecule has 8 heteroatoms. The van der Waals surface area contributed by atoms with Crippen LogP contribution in [-0.2, 0) is 14.3 Å². The number of alkyl carbamates (subject to hydrolysis) is 1. The first kappa shape index (κ1) is 22.6. The summed E-state index contributed by atoms with van der Waals surface area (Å²) >= 11 is 0. The molecule has 0 bridgehead atoms. The molecule has 8 nitrogen and oxygen atoms in total. The van der Waals surface area contributed by atoms with Gasteiger partial charge in [-0.05, 0) is 43.0 Å². The summed E-state index contributed by atoms with van der Waals surface area (Å²) in [6.07, 6.45) is -1.28. The van der Waals surface area contributed by atoms with Crippen LogP contribution in [0.4, 0.5) is 9.59 Å². The highest BCUT2D eigenvalue weighted by Gasteiger charge is 2.42. The second-order valence-electron chi connectivity index (χ2n) is 9.39. The van der Waals surface area contributed by atoms with Crippen LogP contribution in [0.15, 0.2) is 48.5 Å². The highest BCUT2D eigenvalue weighted by Crippen LogP contribution is 2.44. The first-order valence-electron chi connectivity index (χ1n) is 11.0. The molecule has 2 aromatic carbocycles. The van der Waals surface area contributed by atoms with E-state index in [1.54, 1.807) is 20.8 Å². The molecule has 2 amide bonds. The normalized spacial score (nSPS) is 19.5. The minimum atomic E-state index is -1.14. The van der Waals surface area contributed by atoms with Crippen LogP contribution in [-0.4, -0.2) is 59.0 Å². The van der Waals surface area contributed by atoms with Crippen molar-refractivity contribution in [2.45, 2.75) is 50.8 Å². The fourth-order valence-electron chi connectivity index (χ4n) is 4.53. The van der Waals surface area contributed by atoms with E-state index in [1.807, 2.05) is 48.5 Å². The van der Waals surface area contributed by atoms with Crippen LogP contribution in [0.5, 0.6) is 0 Å². The quantitative estimate of drug-likeness (QED) is 0.727. The number of hydrogen-bond acceptors (Lipinski definition) is 5. The highest BCUT2D eigenvalue weighted by molar-refractivity contribution is 5.82. The predicted molar refractivity (Wildman–Crippen MR) is 121 cm³/mol. The highest BCUT2D eigenvalue weighted by atomic mass is 16.6. The van der Waals surface area contributed by atoms with Crippen LogP contribution in [0.3, 0.4) is 0 Å². The summed E-state index contributed by atoms with van der Waals surface area (Å²) < 4.78 is 10.9. The third-order valence-corrected chi connectivity index (χ3v) is 5.88. The fraction of sp³-hybridized carbons (Fsp3) is 0.400. The lowest BCUT2D eigenvalue weighted by Gasteiger charge is -2.23. The maximum Gasteiger partial charge on any atom is 0.410 e. The Morgan fingerprint density at radius 2 is 1.61 bits per heavy atom. The molecule has 1 saturated heterocycles. The molecule has 33 heavy (non-hydrogen) atoms. The largest absolute Gasteiger partial charge is 0.480 e. The van der Waals surface area contributed by atoms with E-state index in [1.165, 1.54) is 0 Å². The number of hydrogen-bond donors (Lipinski definition) is 2. The molecule has 2 N–H and O–H groups in total. The first-order chi connectivity index (χ1) is 15.6. The zero-order valence-corrected chi connectivity index (χ0v) is 18.9. The van der Waals surface area contributed by atoms with Gasteiger partial charge in [0.15, 0.2) is 0 Å². The summed E-state index contributed by atoms with van der Waals surface area (Å²) in [5.74, 6) is -1.26. The lowest BCUT2D eigenvalue weighted by atomic mass is 9.98. The predicted octanol–water partition coefficient (Wildman–Crippen LogP) is 3.99. The zero-order chi connectivity index (χ0) is 23.8. The lowest BCUT2D eigenvalue weighted by Crippen LogP contribution is -2.43. The van der Waals surface area contributed by atoms with Crippen LogP contribution in [0.1, 0.15) is 44.2 Å². The Bertz CT molecular complexity index is 1030. The standard InChI is InChI=1S/C25H28N2O6/c1-25(2,3)33-23(30)26-15-12-21(22(28)29)27(13-15)24(31)32-14-20-18-10-6-4-8-16(18)17-9-5-7-11-19(17)20/h4-11,15,20-21H,12-14H2,1-3H3,(H,26,30)(H,28,29)/t15-,21+/m1/s1. The number of rotatable bonds is 4. The minimum Gasteiger partial charge on any atom is -0.480 e. The minimum absolute atomic E-state index is 0.0346. The number of carboxylic acid groups (broad SMARTS) is 1. The number of carbonyl (C=O) groups is 3. The zero-order valence-electron chi connectivity index (χ0n) is 18.9. The van der Waals surface area contributed by atoms with Crippen LogP contribution in [0.25, 0.3) is 11.1 Å². The van der Waals surface area contributed by atoms with Gasteiger partial charge >= 0.3 is 18.2 Å². The molecule has 0 radical (unpaired) electrons. The van der Waals surface area contributed by atoms with Crippen LogP contribution >= 0.6 is 0 Å². The van der Waals surface area contributed by atoms with Gasteiger partial charge in [-0.1, -0.05) is 48.5 Å². The molecule has 1 aliphatic heterocycles. The monoisotopic (exact) mass is 452 g/mol. The van der Waals surface area contributed by atoms with Gasteiger partial charge < -0.3 is 19.9 Å². The molecule has 0 saturated carbocycles. The van der Waals surface area contributed by atoms with Gasteiger partial charge in [-0.2, -0.15) is 0 Å². The molecule has 0 aromatic heterocycles. The van der Waals surface area contributed by atoms with E-state index in [-0.39, 0.29) is 25.5 Å². The van der Waals surface area contributed by atoms with Crippen molar-refractivity contribution in [2.24, 2.45) is 0 Å². The Morgan fingerprint density at radius 3 is 2.15 bits per heavy atom. The molecule has 1 fully saturated rings. The van der Waals surface area contributed by atoms with Gasteiger partial charge in [0.25, 0.3) is 0 Å². The third kappa shape index (κ3) is 4.79. The van der Waals surface area contributed by atoms with Crippen molar-refractivity contribution in [3.8, 4) is 11.1 Å². The first-order valence-corrected chi connectivity index (χ1v) is 11.0. The lowest BCUT2D eigenvalue weighted by molar-refractivity contribution is -0.141. The Labute approximate surface area is 192 Å². The van der Waals surface area contributed by atoms with Crippen LogP contribution in [0, 0.1) is 0 Å². The number of carbonyl (C=O) groups excluding carboxylic acids is 2. The number of fused-ring (bicyclic) bond motifs is 3. The van der Waals surface area contributed by atoms with Gasteiger partial charge in [0.1, 0.15) is 18.2 Å². The Hall–Kier alpha value is -3.55. The molecule has 1 heterocycles. The van der Waals surface area contributed by atoms with E-state index >= 15 is 0 Å². The van der Waals surface area contributed by atoms with Gasteiger partial charge in [0, 0.05) is 18.9 Å². The second kappa shape index (κ2) is 8.77. The van der Waals surface area contributed by atoms with Gasteiger partial charge in [-0.15, -0.1) is 0 Å². The van der Waals surface area contributed by atoms with Gasteiger partial charge in [-0.25, -0.2) is 14.4 Å². The molecule has 0 unspecified atom stereocenters. The average molecular weight is 453 g/mol. The second-order valence-corrected chi connectivity index (χ2v) is 9.39. The van der Waals surface area contributed by atoms with Gasteiger partial charge in [0.2, 0.25) is 0 Å². The van der Waals surface area contributed by atoms with Crippen molar-refractivity contribution >= 4 is 18.2 Å². The average Bonchev–Trinajstić information content (AvgIpc) is 3.30. The third-order valence-electron chi connectivity index (χ3n) is 5.88. The van der Waals surface area contributed by atoms with E-state index in [0.717, 1.165) is 27.2 Å². The molecule has 174 valence electrons. The smallest absolute Gasteiger partial charge is 0.410 e. The van der Waals surface area contributed by atoms with Crippen molar-refractivity contribution in [3.63, 3.8) is 0 Å². The summed E-state index contributed by atoms with van der Waals surface area (Å²) in [5.41, 5.74) is 3.70. The molecule has 1 aliphatic carbocycles. The number of benzene rings is 2. The number of aliphatic carboxylic acids is 1. The Balaban J connectivity index is 1.43. The number of carboxylic acids is 1. The van der Waals surface area contributed by atoms with Crippen molar-refractivity contribution in [1.82, 2.24) is 10.2 Å². The SMILES string of the molecule is CC(C)(C)OC(=O)N[C@@H]1C[C@@H](C(=O)O)N(C(=O)OCC2c3ccccc3-c3ccccc32)C1. The molecule has 4 rings (SSSR count). The molecular formula is C25H28N2O6. The van der Waals surface area contributed by atoms with Gasteiger partial charge in [0.05, 0.1) is 6.04 Å². The maximum atomic E-state index is 12.9.